The predicted molar refractivity (Wildman–Crippen MR) is 134 cm³/mol. The molecule has 5 aromatic rings. The van der Waals surface area contributed by atoms with Crippen molar-refractivity contribution in [2.45, 2.75) is 13.8 Å². The van der Waals surface area contributed by atoms with Crippen molar-refractivity contribution in [3.63, 3.8) is 0 Å². The Morgan fingerprint density at radius 2 is 1.35 bits per heavy atom. The third-order valence-electron chi connectivity index (χ3n) is 5.10. The summed E-state index contributed by atoms with van der Waals surface area (Å²) in [4.78, 5) is 19.2. The van der Waals surface area contributed by atoms with E-state index in [1.165, 1.54) is 30.7 Å². The van der Waals surface area contributed by atoms with Crippen LogP contribution in [0.15, 0.2) is 103 Å². The molecule has 0 aliphatic carbocycles. The van der Waals surface area contributed by atoms with E-state index < -0.39 is 0 Å². The minimum Gasteiger partial charge on any atom is -0.512 e. The number of hydrogen-bond acceptors (Lipinski definition) is 4. The van der Waals surface area contributed by atoms with Crippen LogP contribution in [0.1, 0.15) is 13.8 Å². The van der Waals surface area contributed by atoms with E-state index in [1.807, 2.05) is 54.9 Å². The third-order valence-corrected chi connectivity index (χ3v) is 5.10. The Morgan fingerprint density at radius 3 is 1.85 bits per heavy atom. The molecule has 0 spiro atoms. The van der Waals surface area contributed by atoms with Crippen molar-refractivity contribution in [1.82, 2.24) is 9.97 Å². The molecule has 0 aliphatic rings. The van der Waals surface area contributed by atoms with Gasteiger partial charge < -0.3 is 10.1 Å². The maximum absolute atomic E-state index is 10.0. The number of carbonyl (C=O) groups is 1. The van der Waals surface area contributed by atoms with Crippen molar-refractivity contribution >= 4 is 27.3 Å². The standard InChI is InChI=1S/C24H15N2.C5H8O2.Ir/c1-3-7-21-17(5-1)13-15-25-23(21)19-9-11-20(12-10-19)24-22-8-4-2-6-18(22)14-16-26-24;1-4(6)3-5(2)7;/h1-11,13-16H;3,6H,1-2H3;/q-1;;. The smallest absolute Gasteiger partial charge is 0.155 e. The average molecular weight is 624 g/mol. The van der Waals surface area contributed by atoms with Crippen LogP contribution in [0.5, 0.6) is 0 Å². The number of aliphatic hydroxyl groups excluding tert-OH is 1. The quantitative estimate of drug-likeness (QED) is 0.134. The number of allylic oxidation sites excluding steroid dienone is 2. The zero-order valence-electron chi connectivity index (χ0n) is 18.8. The normalized spacial score (nSPS) is 10.8. The molecule has 1 radical (unpaired) electrons. The second-order valence-electron chi connectivity index (χ2n) is 7.65. The first kappa shape index (κ1) is 25.0. The van der Waals surface area contributed by atoms with Gasteiger partial charge in [0.25, 0.3) is 0 Å². The number of aliphatic hydroxyl groups is 1. The minimum absolute atomic E-state index is 0. The third kappa shape index (κ3) is 5.82. The fourth-order valence-electron chi connectivity index (χ4n) is 3.70. The Hall–Kier alpha value is -3.66. The van der Waals surface area contributed by atoms with Crippen molar-refractivity contribution in [3.05, 3.63) is 109 Å². The van der Waals surface area contributed by atoms with Gasteiger partial charge in [0.05, 0.1) is 5.76 Å². The summed E-state index contributed by atoms with van der Waals surface area (Å²) in [6.07, 6.45) is 4.88. The second kappa shape index (κ2) is 11.5. The van der Waals surface area contributed by atoms with Crippen LogP contribution < -0.4 is 0 Å². The summed E-state index contributed by atoms with van der Waals surface area (Å²) in [7, 11) is 0. The molecule has 0 aliphatic heterocycles. The number of rotatable bonds is 3. The molecule has 4 nitrogen and oxygen atoms in total. The van der Waals surface area contributed by atoms with Gasteiger partial charge in [-0.2, -0.15) is 0 Å². The molecule has 1 N–H and O–H groups in total. The molecule has 2 aromatic heterocycles. The molecule has 0 bridgehead atoms. The van der Waals surface area contributed by atoms with E-state index in [4.69, 9.17) is 5.11 Å². The van der Waals surface area contributed by atoms with Crippen LogP contribution >= 0.6 is 0 Å². The van der Waals surface area contributed by atoms with E-state index in [0.717, 1.165) is 33.3 Å². The van der Waals surface area contributed by atoms with E-state index in [1.54, 1.807) is 0 Å². The van der Waals surface area contributed by atoms with E-state index in [-0.39, 0.29) is 31.6 Å². The Kier molecular flexibility index (Phi) is 8.42. The predicted octanol–water partition coefficient (Wildman–Crippen LogP) is 6.95. The zero-order valence-corrected chi connectivity index (χ0v) is 21.2. The molecule has 5 heteroatoms. The molecule has 3 aromatic carbocycles. The minimum atomic E-state index is -0.125. The molecule has 2 heterocycles. The molecule has 0 amide bonds. The van der Waals surface area contributed by atoms with E-state index in [9.17, 15) is 4.79 Å². The first-order valence-corrected chi connectivity index (χ1v) is 10.6. The van der Waals surface area contributed by atoms with Crippen LogP contribution in [-0.4, -0.2) is 20.9 Å². The number of hydrogen-bond donors (Lipinski definition) is 1. The van der Waals surface area contributed by atoms with Crippen molar-refractivity contribution in [2.24, 2.45) is 0 Å². The summed E-state index contributed by atoms with van der Waals surface area (Å²) in [6.45, 7) is 2.85. The van der Waals surface area contributed by atoms with Crippen LogP contribution in [0.25, 0.3) is 44.1 Å². The van der Waals surface area contributed by atoms with Crippen molar-refractivity contribution in [1.29, 1.82) is 0 Å². The van der Waals surface area contributed by atoms with Gasteiger partial charge in [-0.15, -0.1) is 29.8 Å². The van der Waals surface area contributed by atoms with Gasteiger partial charge in [-0.3, -0.25) is 9.78 Å². The molecule has 0 atom stereocenters. The molecule has 0 saturated carbocycles. The molecule has 0 saturated heterocycles. The van der Waals surface area contributed by atoms with Gasteiger partial charge in [-0.25, -0.2) is 0 Å². The van der Waals surface area contributed by atoms with E-state index in [0.29, 0.717) is 0 Å². The van der Waals surface area contributed by atoms with Gasteiger partial charge in [-0.05, 0) is 53.2 Å². The summed E-state index contributed by atoms with van der Waals surface area (Å²) in [5.41, 5.74) is 3.99. The summed E-state index contributed by atoms with van der Waals surface area (Å²) in [5, 5.41) is 13.0. The Balaban J connectivity index is 0.000000357. The van der Waals surface area contributed by atoms with E-state index in [2.05, 4.69) is 52.4 Å². The van der Waals surface area contributed by atoms with Gasteiger partial charge in [0.15, 0.2) is 5.78 Å². The fourth-order valence-corrected chi connectivity index (χ4v) is 3.70. The number of nitrogens with zero attached hydrogens (tertiary/aromatic N) is 2. The SMILES string of the molecule is CC(=O)C=C(C)O.[Ir].[c-]1cc(-c2nccc3ccccc23)ccc1-c1nccc2ccccc12. The maximum Gasteiger partial charge on any atom is 0.155 e. The Bertz CT molecular complexity index is 1350. The molecular formula is C29H23IrN2O2-. The average Bonchev–Trinajstić information content (AvgIpc) is 2.83. The molecule has 171 valence electrons. The summed E-state index contributed by atoms with van der Waals surface area (Å²) in [5.74, 6) is -0.0625. The summed E-state index contributed by atoms with van der Waals surface area (Å²) < 4.78 is 0. The molecule has 34 heavy (non-hydrogen) atoms. The summed E-state index contributed by atoms with van der Waals surface area (Å²) >= 11 is 0. The van der Waals surface area contributed by atoms with Gasteiger partial charge in [-0.1, -0.05) is 54.1 Å². The number of ketones is 1. The van der Waals surface area contributed by atoms with Gasteiger partial charge in [0, 0.05) is 44.3 Å². The Labute approximate surface area is 212 Å². The van der Waals surface area contributed by atoms with Crippen molar-refractivity contribution < 1.29 is 30.0 Å². The maximum atomic E-state index is 10.0. The van der Waals surface area contributed by atoms with Crippen LogP contribution in [0.2, 0.25) is 0 Å². The Morgan fingerprint density at radius 1 is 0.794 bits per heavy atom. The molecule has 0 fully saturated rings. The van der Waals surface area contributed by atoms with Crippen LogP contribution in [-0.2, 0) is 24.9 Å². The number of fused-ring (bicyclic) bond motifs is 2. The van der Waals surface area contributed by atoms with Crippen molar-refractivity contribution in [3.8, 4) is 22.5 Å². The van der Waals surface area contributed by atoms with Crippen LogP contribution in [0.3, 0.4) is 0 Å². The summed E-state index contributed by atoms with van der Waals surface area (Å²) in [6, 6.07) is 30.3. The topological polar surface area (TPSA) is 63.1 Å². The van der Waals surface area contributed by atoms with Crippen LogP contribution in [0.4, 0.5) is 0 Å². The fraction of sp³-hybridized carbons (Fsp3) is 0.0690. The number of carbonyl (C=O) groups excluding carboxylic acids is 1. The zero-order chi connectivity index (χ0) is 23.2. The molecule has 5 rings (SSSR count). The van der Waals surface area contributed by atoms with E-state index >= 15 is 0 Å². The van der Waals surface area contributed by atoms with Gasteiger partial charge >= 0.3 is 0 Å². The first-order chi connectivity index (χ1) is 16.0. The van der Waals surface area contributed by atoms with Gasteiger partial charge in [0.1, 0.15) is 0 Å². The number of aromatic nitrogens is 2. The number of benzene rings is 3. The monoisotopic (exact) mass is 624 g/mol. The number of pyridine rings is 2. The van der Waals surface area contributed by atoms with Gasteiger partial charge in [0.2, 0.25) is 0 Å². The second-order valence-corrected chi connectivity index (χ2v) is 7.65. The van der Waals surface area contributed by atoms with Crippen LogP contribution in [0, 0.1) is 6.07 Å². The molecular weight excluding hydrogens is 601 g/mol. The largest absolute Gasteiger partial charge is 0.512 e. The van der Waals surface area contributed by atoms with Crippen molar-refractivity contribution in [2.75, 3.05) is 0 Å². The first-order valence-electron chi connectivity index (χ1n) is 10.6. The molecule has 0 unspecified atom stereocenters.